The number of halogens is 2. The van der Waals surface area contributed by atoms with Gasteiger partial charge in [-0.05, 0) is 65.2 Å². The molecule has 7 nitrogen and oxygen atoms in total. The zero-order chi connectivity index (χ0) is 22.9. The van der Waals surface area contributed by atoms with Crippen LogP contribution in [0, 0.1) is 0 Å². The number of nitrogens with one attached hydrogen (secondary N) is 1. The Kier molecular flexibility index (Phi) is 6.98. The lowest BCUT2D eigenvalue weighted by Gasteiger charge is -2.21. The highest BCUT2D eigenvalue weighted by Gasteiger charge is 2.32. The molecule has 0 unspecified atom stereocenters. The summed E-state index contributed by atoms with van der Waals surface area (Å²) in [7, 11) is -2.29. The van der Waals surface area contributed by atoms with Crippen LogP contribution in [0.15, 0.2) is 39.7 Å². The molecule has 1 aliphatic heterocycles. The topological polar surface area (TPSA) is 92.8 Å². The number of nitrogens with zero attached hydrogens (tertiary/aromatic N) is 1. The van der Waals surface area contributed by atoms with Gasteiger partial charge >= 0.3 is 0 Å². The molecule has 2 aromatic rings. The zero-order valence-corrected chi connectivity index (χ0v) is 20.4. The van der Waals surface area contributed by atoms with Crippen LogP contribution in [-0.2, 0) is 25.8 Å². The number of sulfone groups is 1. The third-order valence-corrected chi connectivity index (χ3v) is 8.02. The maximum absolute atomic E-state index is 13.0. The van der Waals surface area contributed by atoms with Crippen molar-refractivity contribution in [2.24, 2.45) is 0 Å². The van der Waals surface area contributed by atoms with Crippen molar-refractivity contribution in [3.8, 4) is 5.75 Å². The number of anilines is 2. The Balaban J connectivity index is 1.75. The largest absolute Gasteiger partial charge is 0.495 e. The van der Waals surface area contributed by atoms with Crippen LogP contribution in [0.25, 0.3) is 0 Å². The number of methoxy groups -OCH3 is 1. The van der Waals surface area contributed by atoms with Gasteiger partial charge in [0.2, 0.25) is 11.8 Å². The molecule has 1 aliphatic rings. The van der Waals surface area contributed by atoms with Gasteiger partial charge in [-0.15, -0.1) is 0 Å². The minimum absolute atomic E-state index is 0.0422. The molecule has 0 saturated carbocycles. The zero-order valence-electron chi connectivity index (χ0n) is 17.2. The number of ether oxygens (including phenoxy) is 1. The quantitative estimate of drug-likeness (QED) is 0.605. The Hall–Kier alpha value is -2.10. The Morgan fingerprint density at radius 3 is 2.61 bits per heavy atom. The highest BCUT2D eigenvalue weighted by Crippen LogP contribution is 2.38. The van der Waals surface area contributed by atoms with E-state index < -0.39 is 15.7 Å². The molecule has 0 saturated heterocycles. The van der Waals surface area contributed by atoms with Crippen molar-refractivity contribution in [3.05, 3.63) is 45.4 Å². The number of rotatable bonds is 6. The van der Waals surface area contributed by atoms with E-state index in [0.717, 1.165) is 5.56 Å². The van der Waals surface area contributed by atoms with Gasteiger partial charge < -0.3 is 15.0 Å². The number of benzene rings is 2. The lowest BCUT2D eigenvalue weighted by Crippen LogP contribution is -2.33. The summed E-state index contributed by atoms with van der Waals surface area (Å²) in [6, 6.07) is 7.96. The van der Waals surface area contributed by atoms with Gasteiger partial charge in [0.15, 0.2) is 9.84 Å². The van der Waals surface area contributed by atoms with E-state index in [2.05, 4.69) is 21.2 Å². The third kappa shape index (κ3) is 5.05. The molecule has 0 aromatic heterocycles. The molecule has 0 aliphatic carbocycles. The lowest BCUT2D eigenvalue weighted by molar-refractivity contribution is -0.117. The van der Waals surface area contributed by atoms with Gasteiger partial charge in [0.05, 0.1) is 22.8 Å². The summed E-state index contributed by atoms with van der Waals surface area (Å²) in [5.74, 6) is -0.511. The number of carbonyl (C=O) groups excluding carboxylic acids is 2. The number of amides is 2. The highest BCUT2D eigenvalue weighted by atomic mass is 79.9. The molecule has 2 amide bonds. The van der Waals surface area contributed by atoms with Crippen molar-refractivity contribution in [2.75, 3.05) is 23.1 Å². The minimum atomic E-state index is -3.78. The van der Waals surface area contributed by atoms with Crippen LogP contribution in [0.1, 0.15) is 25.8 Å². The fraction of sp³-hybridized carbons (Fsp3) is 0.333. The predicted molar refractivity (Wildman–Crippen MR) is 124 cm³/mol. The molecule has 1 atom stereocenters. The molecule has 0 fully saturated rings. The molecule has 3 rings (SSSR count). The molecule has 1 heterocycles. The predicted octanol–water partition coefficient (Wildman–Crippen LogP) is 4.21. The van der Waals surface area contributed by atoms with Gasteiger partial charge in [0.25, 0.3) is 0 Å². The molecule has 1 N–H and O–H groups in total. The second kappa shape index (κ2) is 9.18. The summed E-state index contributed by atoms with van der Waals surface area (Å²) in [6.07, 6.45) is 0.420. The van der Waals surface area contributed by atoms with Gasteiger partial charge in [-0.25, -0.2) is 8.42 Å². The van der Waals surface area contributed by atoms with Gasteiger partial charge in [0, 0.05) is 35.2 Å². The molecule has 0 bridgehead atoms. The van der Waals surface area contributed by atoms with Crippen molar-refractivity contribution < 1.29 is 22.7 Å². The van der Waals surface area contributed by atoms with Gasteiger partial charge in [-0.1, -0.05) is 11.6 Å². The maximum atomic E-state index is 13.0. The van der Waals surface area contributed by atoms with Gasteiger partial charge in [0.1, 0.15) is 5.75 Å². The fourth-order valence-electron chi connectivity index (χ4n) is 3.64. The maximum Gasteiger partial charge on any atom is 0.225 e. The van der Waals surface area contributed by atoms with Gasteiger partial charge in [-0.3, -0.25) is 9.59 Å². The smallest absolute Gasteiger partial charge is 0.225 e. The highest BCUT2D eigenvalue weighted by molar-refractivity contribution is 9.10. The summed E-state index contributed by atoms with van der Waals surface area (Å²) in [5.41, 5.74) is 1.94. The second-order valence-corrected chi connectivity index (χ2v) is 10.7. The van der Waals surface area contributed by atoms with E-state index in [9.17, 15) is 18.0 Å². The Labute approximate surface area is 194 Å². The van der Waals surface area contributed by atoms with Crippen molar-refractivity contribution in [1.82, 2.24) is 0 Å². The summed E-state index contributed by atoms with van der Waals surface area (Å²) in [5, 5.41) is 2.97. The van der Waals surface area contributed by atoms with E-state index in [0.29, 0.717) is 33.0 Å². The Bertz CT molecular complexity index is 1150. The second-order valence-electron chi connectivity index (χ2n) is 7.32. The van der Waals surface area contributed by atoms with Crippen LogP contribution in [0.2, 0.25) is 5.02 Å². The fourth-order valence-corrected chi connectivity index (χ4v) is 6.35. The van der Waals surface area contributed by atoms with E-state index in [1.54, 1.807) is 23.1 Å². The average molecular weight is 530 g/mol. The first-order valence-electron chi connectivity index (χ1n) is 9.52. The summed E-state index contributed by atoms with van der Waals surface area (Å²) in [6.45, 7) is 3.37. The number of carbonyl (C=O) groups is 2. The molecule has 31 heavy (non-hydrogen) atoms. The molecule has 2 aromatic carbocycles. The normalized spacial score (nSPS) is 15.5. The first kappa shape index (κ1) is 23.6. The summed E-state index contributed by atoms with van der Waals surface area (Å²) < 4.78 is 31.4. The van der Waals surface area contributed by atoms with Crippen molar-refractivity contribution in [2.45, 2.75) is 37.6 Å². The average Bonchev–Trinajstić information content (AvgIpc) is 3.00. The SMILES string of the molecule is COc1ccc(NC(=O)CCS(=O)(=O)c2cc3c(cc2Br)C[C@H](C)N3C(C)=O)cc1Cl. The first-order chi connectivity index (χ1) is 14.5. The van der Waals surface area contributed by atoms with E-state index in [4.69, 9.17) is 16.3 Å². The van der Waals surface area contributed by atoms with Crippen LogP contribution >= 0.6 is 27.5 Å². The first-order valence-corrected chi connectivity index (χ1v) is 12.3. The molecular formula is C21H22BrClN2O5S. The number of hydrogen-bond acceptors (Lipinski definition) is 5. The van der Waals surface area contributed by atoms with Crippen molar-refractivity contribution >= 4 is 60.6 Å². The molecule has 0 radical (unpaired) electrons. The van der Waals surface area contributed by atoms with E-state index in [1.807, 2.05) is 6.92 Å². The minimum Gasteiger partial charge on any atom is -0.495 e. The van der Waals surface area contributed by atoms with E-state index in [-0.39, 0.29) is 29.0 Å². The van der Waals surface area contributed by atoms with Crippen LogP contribution in [-0.4, -0.2) is 39.1 Å². The van der Waals surface area contributed by atoms with Crippen molar-refractivity contribution in [1.29, 1.82) is 0 Å². The summed E-state index contributed by atoms with van der Waals surface area (Å²) in [4.78, 5) is 26.0. The third-order valence-electron chi connectivity index (χ3n) is 5.06. The van der Waals surface area contributed by atoms with Crippen LogP contribution in [0.4, 0.5) is 11.4 Å². The lowest BCUT2D eigenvalue weighted by atomic mass is 10.1. The van der Waals surface area contributed by atoms with Crippen LogP contribution < -0.4 is 15.0 Å². The van der Waals surface area contributed by atoms with Crippen LogP contribution in [0.3, 0.4) is 0 Å². The number of hydrogen-bond donors (Lipinski definition) is 1. The summed E-state index contributed by atoms with van der Waals surface area (Å²) >= 11 is 9.38. The number of fused-ring (bicyclic) bond motifs is 1. The Morgan fingerprint density at radius 2 is 2.00 bits per heavy atom. The Morgan fingerprint density at radius 1 is 1.29 bits per heavy atom. The molecule has 166 valence electrons. The van der Waals surface area contributed by atoms with Gasteiger partial charge in [-0.2, -0.15) is 0 Å². The standard InChI is InChI=1S/C21H22BrClN2O5S/c1-12-8-14-9-16(22)20(11-18(14)25(12)13(2)26)31(28,29)7-6-21(27)24-15-4-5-19(30-3)17(23)10-15/h4-5,9-12H,6-8H2,1-3H3,(H,24,27)/t12-/m0/s1. The molecule has 0 spiro atoms. The van der Waals surface area contributed by atoms with Crippen LogP contribution in [0.5, 0.6) is 5.75 Å². The van der Waals surface area contributed by atoms with Crippen molar-refractivity contribution in [3.63, 3.8) is 0 Å². The molecular weight excluding hydrogens is 508 g/mol. The van der Waals surface area contributed by atoms with E-state index >= 15 is 0 Å². The monoisotopic (exact) mass is 528 g/mol. The molecule has 10 heteroatoms. The van der Waals surface area contributed by atoms with E-state index in [1.165, 1.54) is 26.2 Å².